The van der Waals surface area contributed by atoms with Crippen LogP contribution in [-0.2, 0) is 4.84 Å². The molecule has 17 heavy (non-hydrogen) atoms. The molecule has 0 heterocycles. The van der Waals surface area contributed by atoms with Crippen molar-refractivity contribution in [1.82, 2.24) is 5.48 Å². The minimum atomic E-state index is -0.255. The topological polar surface area (TPSA) is 58.6 Å². The van der Waals surface area contributed by atoms with Gasteiger partial charge in [0.15, 0.2) is 0 Å². The predicted octanol–water partition coefficient (Wildman–Crippen LogP) is 2.30. The van der Waals surface area contributed by atoms with Crippen LogP contribution in [0.4, 0.5) is 0 Å². The highest BCUT2D eigenvalue weighted by Crippen LogP contribution is 2.20. The molecule has 0 unspecified atom stereocenters. The largest absolute Gasteiger partial charge is 0.508 e. The average Bonchev–Trinajstić information content (AvgIpc) is 2.78. The fraction of sp³-hybridized carbons (Fsp3) is 0.462. The number of hydrogen-bond donors (Lipinski definition) is 2. The molecule has 1 amide bonds. The van der Waals surface area contributed by atoms with Crippen LogP contribution in [0, 0.1) is 6.92 Å². The molecule has 92 valence electrons. The summed E-state index contributed by atoms with van der Waals surface area (Å²) in [5.74, 6) is -0.0924. The molecule has 1 aliphatic carbocycles. The highest BCUT2D eigenvalue weighted by atomic mass is 16.7. The van der Waals surface area contributed by atoms with Crippen molar-refractivity contribution >= 4 is 5.91 Å². The third-order valence-electron chi connectivity index (χ3n) is 3.08. The van der Waals surface area contributed by atoms with Gasteiger partial charge in [-0.25, -0.2) is 5.48 Å². The lowest BCUT2D eigenvalue weighted by molar-refractivity contribution is -0.0125. The Labute approximate surface area is 101 Å². The summed E-state index contributed by atoms with van der Waals surface area (Å²) in [5, 5.41) is 9.26. The van der Waals surface area contributed by atoms with Crippen LogP contribution in [0.2, 0.25) is 0 Å². The maximum Gasteiger partial charge on any atom is 0.275 e. The molecule has 0 saturated heterocycles. The molecule has 1 aromatic rings. The lowest BCUT2D eigenvalue weighted by Gasteiger charge is -2.12. The van der Waals surface area contributed by atoms with Gasteiger partial charge in [0.2, 0.25) is 0 Å². The second-order valence-corrected chi connectivity index (χ2v) is 4.45. The van der Waals surface area contributed by atoms with Gasteiger partial charge in [-0.15, -0.1) is 0 Å². The summed E-state index contributed by atoms with van der Waals surface area (Å²) in [6, 6.07) is 4.65. The van der Waals surface area contributed by atoms with E-state index in [0.717, 1.165) is 18.4 Å². The summed E-state index contributed by atoms with van der Waals surface area (Å²) in [6.07, 6.45) is 4.50. The van der Waals surface area contributed by atoms with E-state index in [-0.39, 0.29) is 17.8 Å². The number of amides is 1. The minimum Gasteiger partial charge on any atom is -0.508 e. The number of phenolic OH excluding ortho intramolecular Hbond substituents is 1. The molecular formula is C13H17NO3. The number of hydrogen-bond acceptors (Lipinski definition) is 3. The highest BCUT2D eigenvalue weighted by Gasteiger charge is 2.17. The van der Waals surface area contributed by atoms with Gasteiger partial charge in [0.1, 0.15) is 5.75 Å². The van der Waals surface area contributed by atoms with Crippen molar-refractivity contribution < 1.29 is 14.7 Å². The third-order valence-corrected chi connectivity index (χ3v) is 3.08. The summed E-state index contributed by atoms with van der Waals surface area (Å²) < 4.78 is 0. The van der Waals surface area contributed by atoms with Crippen molar-refractivity contribution in [3.63, 3.8) is 0 Å². The summed E-state index contributed by atoms with van der Waals surface area (Å²) >= 11 is 0. The zero-order valence-electron chi connectivity index (χ0n) is 9.90. The van der Waals surface area contributed by atoms with E-state index in [4.69, 9.17) is 4.84 Å². The summed E-state index contributed by atoms with van der Waals surface area (Å²) in [5.41, 5.74) is 3.74. The van der Waals surface area contributed by atoms with Crippen molar-refractivity contribution in [3.8, 4) is 5.75 Å². The Kier molecular flexibility index (Phi) is 3.64. The molecule has 2 rings (SSSR count). The van der Waals surface area contributed by atoms with Crippen LogP contribution in [0.15, 0.2) is 18.2 Å². The van der Waals surface area contributed by atoms with Gasteiger partial charge in [-0.2, -0.15) is 0 Å². The molecule has 1 fully saturated rings. The molecule has 4 heteroatoms. The van der Waals surface area contributed by atoms with Crippen LogP contribution in [0.3, 0.4) is 0 Å². The Morgan fingerprint density at radius 3 is 2.76 bits per heavy atom. The second kappa shape index (κ2) is 5.19. The Hall–Kier alpha value is -1.55. The number of rotatable bonds is 3. The molecule has 1 saturated carbocycles. The third kappa shape index (κ3) is 2.97. The molecule has 4 nitrogen and oxygen atoms in total. The van der Waals surface area contributed by atoms with Crippen molar-refractivity contribution in [2.45, 2.75) is 38.7 Å². The van der Waals surface area contributed by atoms with Crippen LogP contribution in [0.1, 0.15) is 41.6 Å². The van der Waals surface area contributed by atoms with Crippen LogP contribution in [0.5, 0.6) is 5.75 Å². The Bertz CT molecular complexity index is 411. The van der Waals surface area contributed by atoms with Crippen LogP contribution >= 0.6 is 0 Å². The standard InChI is InChI=1S/C13H17NO3/c1-9-8-10(15)6-7-12(9)13(16)14-17-11-4-2-3-5-11/h6-8,11,15H,2-5H2,1H3,(H,14,16). The first-order valence-corrected chi connectivity index (χ1v) is 5.92. The number of hydroxylamine groups is 1. The lowest BCUT2D eigenvalue weighted by Crippen LogP contribution is -2.28. The molecule has 1 aromatic carbocycles. The van der Waals surface area contributed by atoms with E-state index >= 15 is 0 Å². The molecule has 0 bridgehead atoms. The smallest absolute Gasteiger partial charge is 0.275 e. The van der Waals surface area contributed by atoms with E-state index in [9.17, 15) is 9.90 Å². The fourth-order valence-corrected chi connectivity index (χ4v) is 2.10. The molecule has 2 N–H and O–H groups in total. The Balaban J connectivity index is 1.94. The van der Waals surface area contributed by atoms with Gasteiger partial charge in [-0.05, 0) is 43.5 Å². The van der Waals surface area contributed by atoms with Crippen molar-refractivity contribution in [2.24, 2.45) is 0 Å². The summed E-state index contributed by atoms with van der Waals surface area (Å²) in [7, 11) is 0. The normalized spacial score (nSPS) is 16.1. The molecule has 0 atom stereocenters. The molecule has 0 aliphatic heterocycles. The quantitative estimate of drug-likeness (QED) is 0.790. The highest BCUT2D eigenvalue weighted by molar-refractivity contribution is 5.95. The monoisotopic (exact) mass is 235 g/mol. The Morgan fingerprint density at radius 1 is 1.41 bits per heavy atom. The van der Waals surface area contributed by atoms with Gasteiger partial charge in [0.25, 0.3) is 5.91 Å². The number of phenols is 1. The maximum absolute atomic E-state index is 11.8. The molecule has 1 aliphatic rings. The van der Waals surface area contributed by atoms with Gasteiger partial charge < -0.3 is 5.11 Å². The number of carbonyl (C=O) groups excluding carboxylic acids is 1. The van der Waals surface area contributed by atoms with Crippen molar-refractivity contribution in [2.75, 3.05) is 0 Å². The first kappa shape index (κ1) is 11.9. The SMILES string of the molecule is Cc1cc(O)ccc1C(=O)NOC1CCCC1. The number of aryl methyl sites for hydroxylation is 1. The molecule has 0 aromatic heterocycles. The predicted molar refractivity (Wildman–Crippen MR) is 63.7 cm³/mol. The number of nitrogens with one attached hydrogen (secondary N) is 1. The van der Waals surface area contributed by atoms with E-state index in [2.05, 4.69) is 5.48 Å². The molecular weight excluding hydrogens is 218 g/mol. The molecule has 0 radical (unpaired) electrons. The maximum atomic E-state index is 11.8. The number of benzene rings is 1. The average molecular weight is 235 g/mol. The summed E-state index contributed by atoms with van der Waals surface area (Å²) in [6.45, 7) is 1.78. The van der Waals surface area contributed by atoms with Crippen molar-refractivity contribution in [3.05, 3.63) is 29.3 Å². The number of aromatic hydroxyl groups is 1. The van der Waals surface area contributed by atoms with Crippen LogP contribution in [0.25, 0.3) is 0 Å². The van der Waals surface area contributed by atoms with Crippen LogP contribution in [-0.4, -0.2) is 17.1 Å². The van der Waals surface area contributed by atoms with Crippen LogP contribution < -0.4 is 5.48 Å². The zero-order chi connectivity index (χ0) is 12.3. The van der Waals surface area contributed by atoms with Gasteiger partial charge in [0, 0.05) is 5.56 Å². The van der Waals surface area contributed by atoms with Gasteiger partial charge >= 0.3 is 0 Å². The van der Waals surface area contributed by atoms with Gasteiger partial charge in [-0.1, -0.05) is 12.8 Å². The second-order valence-electron chi connectivity index (χ2n) is 4.45. The van der Waals surface area contributed by atoms with Gasteiger partial charge in [0.05, 0.1) is 6.10 Å². The first-order chi connectivity index (χ1) is 8.16. The first-order valence-electron chi connectivity index (χ1n) is 5.92. The summed E-state index contributed by atoms with van der Waals surface area (Å²) in [4.78, 5) is 17.2. The lowest BCUT2D eigenvalue weighted by atomic mass is 10.1. The van der Waals surface area contributed by atoms with Gasteiger partial charge in [-0.3, -0.25) is 9.63 Å². The Morgan fingerprint density at radius 2 is 2.12 bits per heavy atom. The fourth-order valence-electron chi connectivity index (χ4n) is 2.10. The minimum absolute atomic E-state index is 0.149. The number of carbonyl (C=O) groups is 1. The van der Waals surface area contributed by atoms with E-state index in [1.165, 1.54) is 18.9 Å². The van der Waals surface area contributed by atoms with E-state index < -0.39 is 0 Å². The van der Waals surface area contributed by atoms with E-state index in [0.29, 0.717) is 5.56 Å². The van der Waals surface area contributed by atoms with E-state index in [1.54, 1.807) is 19.1 Å². The van der Waals surface area contributed by atoms with Crippen molar-refractivity contribution in [1.29, 1.82) is 0 Å². The van der Waals surface area contributed by atoms with E-state index in [1.807, 2.05) is 0 Å². The molecule has 0 spiro atoms. The zero-order valence-corrected chi connectivity index (χ0v) is 9.90.